The molecule has 0 atom stereocenters. The number of carbonyl (C=O) groups excluding carboxylic acids is 1. The zero-order valence-electron chi connectivity index (χ0n) is 12.7. The first-order valence-corrected chi connectivity index (χ1v) is 7.73. The van der Waals surface area contributed by atoms with Crippen LogP contribution in [0.2, 0.25) is 0 Å². The van der Waals surface area contributed by atoms with E-state index in [4.69, 9.17) is 4.74 Å². The van der Waals surface area contributed by atoms with Crippen LogP contribution in [0.1, 0.15) is 71.6 Å². The summed E-state index contributed by atoms with van der Waals surface area (Å²) in [5, 5.41) is 0. The van der Waals surface area contributed by atoms with Crippen LogP contribution in [-0.4, -0.2) is 12.6 Å². The van der Waals surface area contributed by atoms with Gasteiger partial charge >= 0.3 is 5.97 Å². The second kappa shape index (κ2) is 15.0. The van der Waals surface area contributed by atoms with Gasteiger partial charge in [0, 0.05) is 6.42 Å². The molecule has 0 fully saturated rings. The summed E-state index contributed by atoms with van der Waals surface area (Å²) in [6.07, 6.45) is 17.9. The number of hydrogen-bond acceptors (Lipinski definition) is 2. The number of hydrogen-bond donors (Lipinski definition) is 0. The first kappa shape index (κ1) is 17.9. The van der Waals surface area contributed by atoms with Gasteiger partial charge in [0.2, 0.25) is 0 Å². The van der Waals surface area contributed by atoms with Gasteiger partial charge in [-0.15, -0.1) is 0 Å². The molecule has 2 nitrogen and oxygen atoms in total. The number of allylic oxidation sites excluding steroid dienone is 4. The van der Waals surface area contributed by atoms with Crippen molar-refractivity contribution in [3.63, 3.8) is 0 Å². The van der Waals surface area contributed by atoms with E-state index >= 15 is 0 Å². The van der Waals surface area contributed by atoms with Crippen LogP contribution in [0.5, 0.6) is 0 Å². The van der Waals surface area contributed by atoms with Crippen LogP contribution in [0.3, 0.4) is 0 Å². The predicted octanol–water partition coefficient (Wildman–Crippen LogP) is 5.19. The zero-order valence-corrected chi connectivity index (χ0v) is 12.7. The molecule has 0 saturated carbocycles. The molecule has 0 spiro atoms. The quantitative estimate of drug-likeness (QED) is 0.276. The lowest BCUT2D eigenvalue weighted by molar-refractivity contribution is -0.143. The van der Waals surface area contributed by atoms with Crippen molar-refractivity contribution >= 4 is 5.97 Å². The van der Waals surface area contributed by atoms with E-state index in [0.717, 1.165) is 32.1 Å². The van der Waals surface area contributed by atoms with Crippen molar-refractivity contribution in [2.45, 2.75) is 71.6 Å². The molecule has 0 amide bonds. The Morgan fingerprint density at radius 3 is 2.32 bits per heavy atom. The lowest BCUT2D eigenvalue weighted by atomic mass is 10.1. The minimum atomic E-state index is -0.0459. The third-order valence-corrected chi connectivity index (χ3v) is 2.91. The van der Waals surface area contributed by atoms with Crippen molar-refractivity contribution in [1.29, 1.82) is 0 Å². The van der Waals surface area contributed by atoms with Crippen molar-refractivity contribution in [3.8, 4) is 0 Å². The summed E-state index contributed by atoms with van der Waals surface area (Å²) in [7, 11) is 0. The van der Waals surface area contributed by atoms with Crippen LogP contribution in [0.4, 0.5) is 0 Å². The summed E-state index contributed by atoms with van der Waals surface area (Å²) in [6.45, 7) is 4.76. The molecule has 0 aliphatic heterocycles. The zero-order chi connectivity index (χ0) is 14.2. The summed E-state index contributed by atoms with van der Waals surface area (Å²) < 4.78 is 5.16. The molecule has 0 radical (unpaired) electrons. The summed E-state index contributed by atoms with van der Waals surface area (Å²) in [4.78, 5) is 11.4. The van der Waals surface area contributed by atoms with E-state index in [0.29, 0.717) is 13.0 Å². The highest BCUT2D eigenvalue weighted by Crippen LogP contribution is 2.04. The second-order valence-electron chi connectivity index (χ2n) is 4.79. The largest absolute Gasteiger partial charge is 0.466 e. The van der Waals surface area contributed by atoms with Gasteiger partial charge in [-0.05, 0) is 45.4 Å². The highest BCUT2D eigenvalue weighted by molar-refractivity contribution is 5.69. The van der Waals surface area contributed by atoms with Gasteiger partial charge in [-0.3, -0.25) is 4.79 Å². The first-order valence-electron chi connectivity index (χ1n) is 7.73. The summed E-state index contributed by atoms with van der Waals surface area (Å²) in [6, 6.07) is 0. The smallest absolute Gasteiger partial charge is 0.305 e. The van der Waals surface area contributed by atoms with Gasteiger partial charge in [0.15, 0.2) is 0 Å². The molecule has 0 aliphatic rings. The molecule has 0 N–H and O–H groups in total. The number of carbonyl (C=O) groups is 1. The number of ether oxygens (including phenoxy) is 1. The van der Waals surface area contributed by atoms with Crippen molar-refractivity contribution < 1.29 is 9.53 Å². The fraction of sp³-hybridized carbons (Fsp3) is 0.706. The molecular weight excluding hydrogens is 236 g/mol. The first-order chi connectivity index (χ1) is 9.31. The SMILES string of the molecule is C/C=C/CCCOC(=O)CCCC/C=C/CCCC. The van der Waals surface area contributed by atoms with Gasteiger partial charge < -0.3 is 4.74 Å². The van der Waals surface area contributed by atoms with E-state index in [9.17, 15) is 4.79 Å². The Bertz CT molecular complexity index is 254. The molecular formula is C17H30O2. The molecule has 0 aromatic carbocycles. The highest BCUT2D eigenvalue weighted by atomic mass is 16.5. The van der Waals surface area contributed by atoms with E-state index in [1.54, 1.807) is 0 Å². The van der Waals surface area contributed by atoms with Crippen LogP contribution in [-0.2, 0) is 9.53 Å². The Morgan fingerprint density at radius 1 is 0.947 bits per heavy atom. The highest BCUT2D eigenvalue weighted by Gasteiger charge is 2.01. The third kappa shape index (κ3) is 14.9. The van der Waals surface area contributed by atoms with Gasteiger partial charge in [-0.2, -0.15) is 0 Å². The van der Waals surface area contributed by atoms with Crippen molar-refractivity contribution in [2.75, 3.05) is 6.61 Å². The number of unbranched alkanes of at least 4 members (excludes halogenated alkanes) is 5. The van der Waals surface area contributed by atoms with Crippen molar-refractivity contribution in [2.24, 2.45) is 0 Å². The molecule has 0 heterocycles. The van der Waals surface area contributed by atoms with Crippen LogP contribution in [0, 0.1) is 0 Å². The van der Waals surface area contributed by atoms with Crippen molar-refractivity contribution in [1.82, 2.24) is 0 Å². The van der Waals surface area contributed by atoms with E-state index in [1.165, 1.54) is 19.3 Å². The molecule has 0 aliphatic carbocycles. The van der Waals surface area contributed by atoms with Gasteiger partial charge in [-0.1, -0.05) is 44.1 Å². The molecule has 0 aromatic heterocycles. The van der Waals surface area contributed by atoms with Gasteiger partial charge in [0.05, 0.1) is 6.61 Å². The Morgan fingerprint density at radius 2 is 1.63 bits per heavy atom. The van der Waals surface area contributed by atoms with Gasteiger partial charge in [-0.25, -0.2) is 0 Å². The Balaban J connectivity index is 3.26. The molecule has 0 saturated heterocycles. The van der Waals surface area contributed by atoms with E-state index in [2.05, 4.69) is 25.2 Å². The monoisotopic (exact) mass is 266 g/mol. The van der Waals surface area contributed by atoms with Crippen LogP contribution in [0.15, 0.2) is 24.3 Å². The number of esters is 1. The molecule has 2 heteroatoms. The standard InChI is InChI=1S/C17H30O2/c1-3-5-7-9-10-11-12-13-15-17(18)19-16-14-8-6-4-2/h4,6,9-10H,3,5,7-8,11-16H2,1-2H3/b6-4+,10-9+. The minimum Gasteiger partial charge on any atom is -0.466 e. The lowest BCUT2D eigenvalue weighted by Gasteiger charge is -2.03. The summed E-state index contributed by atoms with van der Waals surface area (Å²) >= 11 is 0. The number of rotatable bonds is 12. The van der Waals surface area contributed by atoms with Crippen LogP contribution in [0.25, 0.3) is 0 Å². The van der Waals surface area contributed by atoms with E-state index < -0.39 is 0 Å². The minimum absolute atomic E-state index is 0.0459. The average Bonchev–Trinajstić information content (AvgIpc) is 2.41. The molecule has 0 rings (SSSR count). The topological polar surface area (TPSA) is 26.3 Å². The lowest BCUT2D eigenvalue weighted by Crippen LogP contribution is -2.05. The van der Waals surface area contributed by atoms with E-state index in [1.807, 2.05) is 13.0 Å². The Kier molecular flexibility index (Phi) is 14.2. The third-order valence-electron chi connectivity index (χ3n) is 2.91. The van der Waals surface area contributed by atoms with E-state index in [-0.39, 0.29) is 5.97 Å². The average molecular weight is 266 g/mol. The molecule has 19 heavy (non-hydrogen) atoms. The maximum absolute atomic E-state index is 11.4. The second-order valence-corrected chi connectivity index (χ2v) is 4.79. The van der Waals surface area contributed by atoms with Crippen LogP contribution >= 0.6 is 0 Å². The maximum atomic E-state index is 11.4. The summed E-state index contributed by atoms with van der Waals surface area (Å²) in [5.74, 6) is -0.0459. The normalized spacial score (nSPS) is 11.5. The summed E-state index contributed by atoms with van der Waals surface area (Å²) in [5.41, 5.74) is 0. The van der Waals surface area contributed by atoms with Crippen molar-refractivity contribution in [3.05, 3.63) is 24.3 Å². The fourth-order valence-electron chi connectivity index (χ4n) is 1.72. The Hall–Kier alpha value is -1.05. The predicted molar refractivity (Wildman–Crippen MR) is 82.1 cm³/mol. The molecule has 0 bridgehead atoms. The Labute approximate surface area is 118 Å². The molecule has 110 valence electrons. The van der Waals surface area contributed by atoms with Gasteiger partial charge in [0.25, 0.3) is 0 Å². The van der Waals surface area contributed by atoms with Crippen LogP contribution < -0.4 is 0 Å². The van der Waals surface area contributed by atoms with Gasteiger partial charge in [0.1, 0.15) is 0 Å². The maximum Gasteiger partial charge on any atom is 0.305 e. The molecule has 0 unspecified atom stereocenters. The fourth-order valence-corrected chi connectivity index (χ4v) is 1.72. The molecule has 0 aromatic rings.